The second-order valence-electron chi connectivity index (χ2n) is 5.59. The number of ether oxygens (including phenoxy) is 3. The van der Waals surface area contributed by atoms with Gasteiger partial charge in [0.25, 0.3) is 0 Å². The number of carbonyl (C=O) groups is 2. The molecule has 1 aliphatic heterocycles. The molecule has 0 N–H and O–H groups in total. The van der Waals surface area contributed by atoms with Crippen molar-refractivity contribution in [1.29, 1.82) is 0 Å². The summed E-state index contributed by atoms with van der Waals surface area (Å²) in [4.78, 5) is 25.5. The van der Waals surface area contributed by atoms with Crippen molar-refractivity contribution in [3.8, 4) is 16.2 Å². The predicted molar refractivity (Wildman–Crippen MR) is 93.3 cm³/mol. The highest BCUT2D eigenvalue weighted by atomic mass is 32.1. The van der Waals surface area contributed by atoms with Crippen molar-refractivity contribution < 1.29 is 28.2 Å². The van der Waals surface area contributed by atoms with Crippen LogP contribution >= 0.6 is 11.3 Å². The lowest BCUT2D eigenvalue weighted by Gasteiger charge is -2.16. The molecule has 0 aliphatic carbocycles. The van der Waals surface area contributed by atoms with Crippen molar-refractivity contribution in [2.75, 3.05) is 7.11 Å². The molecule has 3 heterocycles. The molecule has 0 saturated heterocycles. The van der Waals surface area contributed by atoms with Gasteiger partial charge in [-0.2, -0.15) is 0 Å². The number of rotatable bonds is 4. The van der Waals surface area contributed by atoms with E-state index >= 15 is 0 Å². The van der Waals surface area contributed by atoms with E-state index in [1.54, 1.807) is 12.1 Å². The summed E-state index contributed by atoms with van der Waals surface area (Å²) in [5, 5.41) is 0. The maximum absolute atomic E-state index is 12.4. The summed E-state index contributed by atoms with van der Waals surface area (Å²) >= 11 is 1.37. The molecule has 1 aromatic carbocycles. The molecular weight excluding hydrogens is 356 g/mol. The van der Waals surface area contributed by atoms with Gasteiger partial charge in [0.15, 0.2) is 0 Å². The number of thiophene rings is 1. The highest BCUT2D eigenvalue weighted by Crippen LogP contribution is 2.42. The Morgan fingerprint density at radius 2 is 2.04 bits per heavy atom. The summed E-state index contributed by atoms with van der Waals surface area (Å²) in [7, 11) is 1.26. The standard InChI is InChI=1S/C19H14O6S/c1-22-19(21)16-11(6-7-23-16)9-25-18(20)15-8-12-10-24-14-5-3-2-4-13(14)17(12)26-15/h2-8H,9-10H2,1H3. The Balaban J connectivity index is 1.52. The van der Waals surface area contributed by atoms with Crippen LogP contribution in [0.1, 0.15) is 31.4 Å². The Morgan fingerprint density at radius 3 is 2.88 bits per heavy atom. The van der Waals surface area contributed by atoms with Gasteiger partial charge in [-0.3, -0.25) is 0 Å². The van der Waals surface area contributed by atoms with Crippen LogP contribution < -0.4 is 4.74 Å². The van der Waals surface area contributed by atoms with Crippen LogP contribution in [-0.4, -0.2) is 19.0 Å². The van der Waals surface area contributed by atoms with E-state index in [-0.39, 0.29) is 12.4 Å². The molecule has 26 heavy (non-hydrogen) atoms. The molecular formula is C19H14O6S. The summed E-state index contributed by atoms with van der Waals surface area (Å²) < 4.78 is 20.8. The van der Waals surface area contributed by atoms with Gasteiger partial charge in [0.05, 0.1) is 13.4 Å². The number of methoxy groups -OCH3 is 1. The van der Waals surface area contributed by atoms with Crippen molar-refractivity contribution >= 4 is 23.3 Å². The average Bonchev–Trinajstić information content (AvgIpc) is 3.32. The van der Waals surface area contributed by atoms with Crippen LogP contribution in [0.2, 0.25) is 0 Å². The molecule has 0 bridgehead atoms. The minimum atomic E-state index is -0.610. The lowest BCUT2D eigenvalue weighted by molar-refractivity contribution is 0.0458. The monoisotopic (exact) mass is 370 g/mol. The highest BCUT2D eigenvalue weighted by molar-refractivity contribution is 7.17. The van der Waals surface area contributed by atoms with Gasteiger partial charge in [0, 0.05) is 21.6 Å². The van der Waals surface area contributed by atoms with Gasteiger partial charge in [-0.25, -0.2) is 9.59 Å². The summed E-state index contributed by atoms with van der Waals surface area (Å²) in [5.74, 6) is -0.226. The van der Waals surface area contributed by atoms with Gasteiger partial charge >= 0.3 is 11.9 Å². The number of hydrogen-bond acceptors (Lipinski definition) is 7. The van der Waals surface area contributed by atoms with Crippen LogP contribution in [-0.2, 0) is 22.7 Å². The Bertz CT molecular complexity index is 984. The van der Waals surface area contributed by atoms with E-state index in [9.17, 15) is 9.59 Å². The molecule has 0 atom stereocenters. The Kier molecular flexibility index (Phi) is 4.22. The van der Waals surface area contributed by atoms with E-state index in [0.717, 1.165) is 21.8 Å². The third-order valence-electron chi connectivity index (χ3n) is 4.00. The number of benzene rings is 1. The third-order valence-corrected chi connectivity index (χ3v) is 5.19. The van der Waals surface area contributed by atoms with Gasteiger partial charge in [0.1, 0.15) is 23.8 Å². The number of fused-ring (bicyclic) bond motifs is 3. The molecule has 3 aromatic rings. The zero-order valence-electron chi connectivity index (χ0n) is 13.8. The van der Waals surface area contributed by atoms with Gasteiger partial charge < -0.3 is 18.6 Å². The van der Waals surface area contributed by atoms with E-state index in [1.165, 1.54) is 24.7 Å². The maximum atomic E-state index is 12.4. The van der Waals surface area contributed by atoms with Crippen LogP contribution in [0.4, 0.5) is 0 Å². The third kappa shape index (κ3) is 2.86. The quantitative estimate of drug-likeness (QED) is 0.645. The van der Waals surface area contributed by atoms with Crippen molar-refractivity contribution in [2.45, 2.75) is 13.2 Å². The van der Waals surface area contributed by atoms with Crippen LogP contribution in [0.3, 0.4) is 0 Å². The molecule has 132 valence electrons. The number of furan rings is 1. The minimum absolute atomic E-state index is 0.0353. The molecule has 0 amide bonds. The lowest BCUT2D eigenvalue weighted by Crippen LogP contribution is -2.07. The Labute approximate surface area is 152 Å². The van der Waals surface area contributed by atoms with E-state index in [4.69, 9.17) is 13.9 Å². The van der Waals surface area contributed by atoms with Crippen LogP contribution in [0.15, 0.2) is 47.1 Å². The first kappa shape index (κ1) is 16.4. The molecule has 0 radical (unpaired) electrons. The molecule has 6 nitrogen and oxygen atoms in total. The topological polar surface area (TPSA) is 75.0 Å². The van der Waals surface area contributed by atoms with Gasteiger partial charge in [-0.05, 0) is 24.3 Å². The number of esters is 2. The van der Waals surface area contributed by atoms with Gasteiger partial charge in [-0.15, -0.1) is 11.3 Å². The molecule has 0 unspecified atom stereocenters. The fourth-order valence-corrected chi connectivity index (χ4v) is 3.83. The molecule has 0 spiro atoms. The van der Waals surface area contributed by atoms with Crippen LogP contribution in [0, 0.1) is 0 Å². The fraction of sp³-hybridized carbons (Fsp3) is 0.158. The molecule has 4 rings (SSSR count). The highest BCUT2D eigenvalue weighted by Gasteiger charge is 2.24. The van der Waals surface area contributed by atoms with Crippen molar-refractivity contribution in [3.05, 3.63) is 64.4 Å². The number of carbonyl (C=O) groups excluding carboxylic acids is 2. The first-order chi connectivity index (χ1) is 12.7. The predicted octanol–water partition coefficient (Wildman–Crippen LogP) is 4.04. The van der Waals surface area contributed by atoms with E-state index in [1.807, 2.05) is 24.3 Å². The SMILES string of the molecule is COC(=O)c1occc1COC(=O)c1cc2c(s1)-c1ccccc1OC2. The van der Waals surface area contributed by atoms with Gasteiger partial charge in [-0.1, -0.05) is 12.1 Å². The minimum Gasteiger partial charge on any atom is -0.488 e. The summed E-state index contributed by atoms with van der Waals surface area (Å²) in [5.41, 5.74) is 2.39. The van der Waals surface area contributed by atoms with E-state index in [2.05, 4.69) is 4.74 Å². The summed E-state index contributed by atoms with van der Waals surface area (Å²) in [6, 6.07) is 11.1. The molecule has 0 saturated carbocycles. The molecule has 7 heteroatoms. The Hall–Kier alpha value is -3.06. The summed E-state index contributed by atoms with van der Waals surface area (Å²) in [6.45, 7) is 0.347. The molecule has 2 aromatic heterocycles. The van der Waals surface area contributed by atoms with Crippen molar-refractivity contribution in [3.63, 3.8) is 0 Å². The molecule has 1 aliphatic rings. The summed E-state index contributed by atoms with van der Waals surface area (Å²) in [6.07, 6.45) is 1.35. The zero-order chi connectivity index (χ0) is 18.1. The lowest BCUT2D eigenvalue weighted by atomic mass is 10.1. The largest absolute Gasteiger partial charge is 0.488 e. The second-order valence-corrected chi connectivity index (χ2v) is 6.64. The zero-order valence-corrected chi connectivity index (χ0v) is 14.6. The smallest absolute Gasteiger partial charge is 0.374 e. The number of para-hydroxylation sites is 1. The first-order valence-electron chi connectivity index (χ1n) is 7.84. The number of hydrogen-bond donors (Lipinski definition) is 0. The fourth-order valence-electron chi connectivity index (χ4n) is 2.74. The maximum Gasteiger partial charge on any atom is 0.374 e. The van der Waals surface area contributed by atoms with Crippen molar-refractivity contribution in [1.82, 2.24) is 0 Å². The van der Waals surface area contributed by atoms with E-state index < -0.39 is 11.9 Å². The molecule has 0 fully saturated rings. The average molecular weight is 370 g/mol. The van der Waals surface area contributed by atoms with Gasteiger partial charge in [0.2, 0.25) is 5.76 Å². The van der Waals surface area contributed by atoms with E-state index in [0.29, 0.717) is 17.0 Å². The second kappa shape index (κ2) is 6.68. The first-order valence-corrected chi connectivity index (χ1v) is 8.65. The van der Waals surface area contributed by atoms with Crippen LogP contribution in [0.5, 0.6) is 5.75 Å². The normalized spacial score (nSPS) is 11.9. The van der Waals surface area contributed by atoms with Crippen molar-refractivity contribution in [2.24, 2.45) is 0 Å². The Morgan fingerprint density at radius 1 is 1.19 bits per heavy atom. The van der Waals surface area contributed by atoms with Crippen LogP contribution in [0.25, 0.3) is 10.4 Å².